The van der Waals surface area contributed by atoms with E-state index >= 15 is 0 Å². The molecule has 0 aliphatic carbocycles. The molecule has 1 aliphatic rings. The van der Waals surface area contributed by atoms with Gasteiger partial charge in [-0.2, -0.15) is 5.26 Å². The van der Waals surface area contributed by atoms with E-state index in [2.05, 4.69) is 6.07 Å². The van der Waals surface area contributed by atoms with Crippen molar-refractivity contribution in [3.05, 3.63) is 0 Å². The monoisotopic (exact) mass is 224 g/mol. The lowest BCUT2D eigenvalue weighted by Gasteiger charge is -2.25. The van der Waals surface area contributed by atoms with Crippen LogP contribution in [-0.2, 0) is 4.74 Å². The van der Waals surface area contributed by atoms with Crippen molar-refractivity contribution >= 4 is 6.09 Å². The Balaban J connectivity index is 2.54. The lowest BCUT2D eigenvalue weighted by molar-refractivity contribution is 0.0276. The number of likely N-dealkylation sites (tertiary alicyclic amines) is 1. The van der Waals surface area contributed by atoms with Crippen LogP contribution in [0.2, 0.25) is 0 Å². The van der Waals surface area contributed by atoms with Crippen LogP contribution in [0.25, 0.3) is 0 Å². The molecule has 16 heavy (non-hydrogen) atoms. The summed E-state index contributed by atoms with van der Waals surface area (Å²) >= 11 is 0. The maximum absolute atomic E-state index is 11.8. The van der Waals surface area contributed by atoms with Gasteiger partial charge in [-0.25, -0.2) is 4.79 Å². The van der Waals surface area contributed by atoms with E-state index in [0.29, 0.717) is 19.5 Å². The molecule has 0 spiro atoms. The third-order valence-electron chi connectivity index (χ3n) is 2.72. The first-order valence-electron chi connectivity index (χ1n) is 5.61. The van der Waals surface area contributed by atoms with E-state index in [-0.39, 0.29) is 11.5 Å². The van der Waals surface area contributed by atoms with Gasteiger partial charge in [-0.1, -0.05) is 6.92 Å². The van der Waals surface area contributed by atoms with Gasteiger partial charge in [0.1, 0.15) is 5.60 Å². The Hall–Kier alpha value is -1.24. The molecule has 4 nitrogen and oxygen atoms in total. The summed E-state index contributed by atoms with van der Waals surface area (Å²) < 4.78 is 5.30. The molecule has 0 N–H and O–H groups in total. The van der Waals surface area contributed by atoms with Crippen molar-refractivity contribution in [2.45, 2.75) is 46.1 Å². The van der Waals surface area contributed by atoms with Gasteiger partial charge in [-0.05, 0) is 32.6 Å². The van der Waals surface area contributed by atoms with E-state index in [1.54, 1.807) is 4.90 Å². The van der Waals surface area contributed by atoms with E-state index < -0.39 is 5.60 Å². The van der Waals surface area contributed by atoms with Crippen molar-refractivity contribution in [2.75, 3.05) is 13.1 Å². The molecule has 0 aromatic carbocycles. The lowest BCUT2D eigenvalue weighted by Crippen LogP contribution is -2.36. The normalized spacial score (nSPS) is 25.3. The fourth-order valence-corrected chi connectivity index (χ4v) is 1.84. The summed E-state index contributed by atoms with van der Waals surface area (Å²) in [5, 5.41) is 8.72. The van der Waals surface area contributed by atoms with E-state index in [1.807, 2.05) is 27.7 Å². The Bertz CT molecular complexity index is 314. The summed E-state index contributed by atoms with van der Waals surface area (Å²) in [7, 11) is 0. The largest absolute Gasteiger partial charge is 0.444 e. The number of hydrogen-bond acceptors (Lipinski definition) is 3. The van der Waals surface area contributed by atoms with Gasteiger partial charge in [0.25, 0.3) is 0 Å². The smallest absolute Gasteiger partial charge is 0.410 e. The summed E-state index contributed by atoms with van der Waals surface area (Å²) in [6.07, 6.45) is 1.10. The number of nitrogens with zero attached hydrogens (tertiary/aromatic N) is 2. The molecule has 0 aromatic heterocycles. The molecule has 1 unspecified atom stereocenters. The second-order valence-corrected chi connectivity index (χ2v) is 5.80. The molecule has 0 bridgehead atoms. The van der Waals surface area contributed by atoms with Crippen LogP contribution in [0.5, 0.6) is 0 Å². The number of ether oxygens (including phenoxy) is 1. The minimum atomic E-state index is -0.453. The van der Waals surface area contributed by atoms with Crippen molar-refractivity contribution < 1.29 is 9.53 Å². The predicted octanol–water partition coefficient (Wildman–Crippen LogP) is 2.55. The fraction of sp³-hybridized carbons (Fsp3) is 0.833. The summed E-state index contributed by atoms with van der Waals surface area (Å²) in [5.41, 5.74) is -0.517. The van der Waals surface area contributed by atoms with Crippen molar-refractivity contribution in [3.8, 4) is 6.07 Å². The van der Waals surface area contributed by atoms with Gasteiger partial charge in [-0.15, -0.1) is 0 Å². The highest BCUT2D eigenvalue weighted by Crippen LogP contribution is 2.33. The maximum atomic E-state index is 11.8. The van der Waals surface area contributed by atoms with Gasteiger partial charge in [0, 0.05) is 19.5 Å². The Kier molecular flexibility index (Phi) is 3.47. The number of hydrogen-bond donors (Lipinski definition) is 0. The van der Waals surface area contributed by atoms with E-state index in [4.69, 9.17) is 10.00 Å². The fourth-order valence-electron chi connectivity index (χ4n) is 1.84. The average Bonchev–Trinajstić information content (AvgIpc) is 2.45. The first-order chi connectivity index (χ1) is 7.26. The molecule has 1 amide bonds. The predicted molar refractivity (Wildman–Crippen MR) is 60.8 cm³/mol. The summed E-state index contributed by atoms with van der Waals surface area (Å²) in [6, 6.07) is 2.18. The third kappa shape index (κ3) is 3.41. The number of carbonyl (C=O) groups excluding carboxylic acids is 1. The van der Waals surface area contributed by atoms with Gasteiger partial charge >= 0.3 is 6.09 Å². The molecule has 1 atom stereocenters. The van der Waals surface area contributed by atoms with Gasteiger partial charge in [0.05, 0.1) is 6.07 Å². The minimum Gasteiger partial charge on any atom is -0.444 e. The van der Waals surface area contributed by atoms with Crippen LogP contribution >= 0.6 is 0 Å². The molecular weight excluding hydrogens is 204 g/mol. The quantitative estimate of drug-likeness (QED) is 0.687. The van der Waals surface area contributed by atoms with Gasteiger partial charge < -0.3 is 9.64 Å². The Labute approximate surface area is 97.2 Å². The number of rotatable bonds is 1. The Morgan fingerprint density at radius 2 is 2.19 bits per heavy atom. The second-order valence-electron chi connectivity index (χ2n) is 5.80. The highest BCUT2D eigenvalue weighted by Gasteiger charge is 2.37. The van der Waals surface area contributed by atoms with Crippen molar-refractivity contribution in [1.82, 2.24) is 4.90 Å². The first-order valence-corrected chi connectivity index (χ1v) is 5.61. The van der Waals surface area contributed by atoms with Gasteiger partial charge in [-0.3, -0.25) is 0 Å². The molecule has 0 aromatic rings. The maximum Gasteiger partial charge on any atom is 0.410 e. The van der Waals surface area contributed by atoms with Gasteiger partial charge in [0.15, 0.2) is 0 Å². The van der Waals surface area contributed by atoms with Crippen LogP contribution in [-0.4, -0.2) is 29.7 Å². The molecule has 0 saturated carbocycles. The Morgan fingerprint density at radius 1 is 1.56 bits per heavy atom. The molecule has 1 fully saturated rings. The topological polar surface area (TPSA) is 53.3 Å². The van der Waals surface area contributed by atoms with E-state index in [1.165, 1.54) is 0 Å². The average molecular weight is 224 g/mol. The van der Waals surface area contributed by atoms with Crippen LogP contribution in [0.3, 0.4) is 0 Å². The molecule has 1 aliphatic heterocycles. The van der Waals surface area contributed by atoms with Crippen LogP contribution in [0, 0.1) is 16.7 Å². The zero-order valence-corrected chi connectivity index (χ0v) is 10.5. The van der Waals surface area contributed by atoms with Crippen molar-refractivity contribution in [3.63, 3.8) is 0 Å². The highest BCUT2D eigenvalue weighted by atomic mass is 16.6. The van der Waals surface area contributed by atoms with Crippen molar-refractivity contribution in [1.29, 1.82) is 5.26 Å². The molecular formula is C12H20N2O2. The van der Waals surface area contributed by atoms with E-state index in [0.717, 1.165) is 6.42 Å². The highest BCUT2D eigenvalue weighted by molar-refractivity contribution is 5.68. The molecule has 1 rings (SSSR count). The van der Waals surface area contributed by atoms with Crippen LogP contribution in [0.1, 0.15) is 40.5 Å². The standard InChI is InChI=1S/C12H20N2O2/c1-11(2,3)16-10(15)14-8-6-12(4,9-14)5-7-13/h5-6,8-9H2,1-4H3. The number of amides is 1. The van der Waals surface area contributed by atoms with E-state index in [9.17, 15) is 4.79 Å². The first kappa shape index (κ1) is 12.8. The van der Waals surface area contributed by atoms with Crippen LogP contribution in [0.15, 0.2) is 0 Å². The molecule has 4 heteroatoms. The van der Waals surface area contributed by atoms with Crippen LogP contribution < -0.4 is 0 Å². The zero-order valence-electron chi connectivity index (χ0n) is 10.5. The van der Waals surface area contributed by atoms with Crippen LogP contribution in [0.4, 0.5) is 4.79 Å². The summed E-state index contributed by atoms with van der Waals surface area (Å²) in [5.74, 6) is 0. The van der Waals surface area contributed by atoms with Gasteiger partial charge in [0.2, 0.25) is 0 Å². The minimum absolute atomic E-state index is 0.0638. The summed E-state index contributed by atoms with van der Waals surface area (Å²) in [6.45, 7) is 8.92. The lowest BCUT2D eigenvalue weighted by atomic mass is 9.87. The SMILES string of the molecule is CC1(CC#N)CCN(C(=O)OC(C)(C)C)C1. The molecule has 1 heterocycles. The number of nitriles is 1. The zero-order chi connectivity index (χ0) is 12.4. The molecule has 0 radical (unpaired) electrons. The summed E-state index contributed by atoms with van der Waals surface area (Å²) in [4.78, 5) is 13.5. The third-order valence-corrected chi connectivity index (χ3v) is 2.72. The Morgan fingerprint density at radius 3 is 2.69 bits per heavy atom. The second kappa shape index (κ2) is 4.32. The molecule has 1 saturated heterocycles. The molecule has 90 valence electrons. The number of carbonyl (C=O) groups is 1. The van der Waals surface area contributed by atoms with Crippen molar-refractivity contribution in [2.24, 2.45) is 5.41 Å².